The van der Waals surface area contributed by atoms with Crippen molar-refractivity contribution < 1.29 is 14.3 Å². The number of rotatable bonds is 8. The van der Waals surface area contributed by atoms with E-state index < -0.39 is 5.91 Å². The average Bonchev–Trinajstić information content (AvgIpc) is 3.33. The molecule has 4 heterocycles. The molecule has 196 valence electrons. The molecule has 37 heavy (non-hydrogen) atoms. The van der Waals surface area contributed by atoms with Gasteiger partial charge in [-0.1, -0.05) is 6.07 Å². The third-order valence-electron chi connectivity index (χ3n) is 6.74. The van der Waals surface area contributed by atoms with E-state index >= 15 is 0 Å². The number of nitrogens with zero attached hydrogens (tertiary/aromatic N) is 4. The maximum atomic E-state index is 12.4. The van der Waals surface area contributed by atoms with Crippen molar-refractivity contribution in [3.05, 3.63) is 46.8 Å². The van der Waals surface area contributed by atoms with Gasteiger partial charge in [0.1, 0.15) is 11.4 Å². The number of carbonyl (C=O) groups excluding carboxylic acids is 1. The van der Waals surface area contributed by atoms with Crippen LogP contribution < -0.4 is 16.4 Å². The normalized spacial score (nSPS) is 17.0. The molecule has 11 heteroatoms. The number of aromatic amines is 1. The van der Waals surface area contributed by atoms with Gasteiger partial charge in [-0.3, -0.25) is 14.8 Å². The van der Waals surface area contributed by atoms with Gasteiger partial charge in [-0.2, -0.15) is 5.10 Å². The second kappa shape index (κ2) is 11.2. The average molecular weight is 507 g/mol. The van der Waals surface area contributed by atoms with E-state index in [2.05, 4.69) is 49.8 Å². The number of nitrogens with two attached hydrogens (primary N) is 1. The van der Waals surface area contributed by atoms with Crippen LogP contribution in [0.2, 0.25) is 0 Å². The van der Waals surface area contributed by atoms with E-state index in [1.165, 1.54) is 5.56 Å². The summed E-state index contributed by atoms with van der Waals surface area (Å²) in [4.78, 5) is 24.3. The molecule has 0 saturated carbocycles. The number of benzene rings is 1. The van der Waals surface area contributed by atoms with Gasteiger partial charge in [0.2, 0.25) is 0 Å². The van der Waals surface area contributed by atoms with Gasteiger partial charge in [-0.25, -0.2) is 9.97 Å². The van der Waals surface area contributed by atoms with E-state index in [4.69, 9.17) is 20.2 Å². The van der Waals surface area contributed by atoms with Gasteiger partial charge in [-0.05, 0) is 56.0 Å². The Hall–Kier alpha value is -3.54. The summed E-state index contributed by atoms with van der Waals surface area (Å²) in [5.74, 6) is 0.187. The molecule has 5 rings (SSSR count). The molecule has 5 N–H and O–H groups in total. The summed E-state index contributed by atoms with van der Waals surface area (Å²) in [5.41, 5.74) is 11.0. The zero-order chi connectivity index (χ0) is 25.8. The molecule has 0 atom stereocenters. The Kier molecular flexibility index (Phi) is 7.63. The van der Waals surface area contributed by atoms with Crippen LogP contribution in [0.3, 0.4) is 0 Å². The Bertz CT molecular complexity index is 1250. The summed E-state index contributed by atoms with van der Waals surface area (Å²) in [6.07, 6.45) is 1.70. The summed E-state index contributed by atoms with van der Waals surface area (Å²) >= 11 is 0. The van der Waals surface area contributed by atoms with Crippen LogP contribution in [0, 0.1) is 13.8 Å². The van der Waals surface area contributed by atoms with Crippen molar-refractivity contribution in [1.82, 2.24) is 25.1 Å². The highest BCUT2D eigenvalue weighted by Gasteiger charge is 2.23. The topological polar surface area (TPSA) is 143 Å². The third-order valence-corrected chi connectivity index (χ3v) is 6.74. The molecule has 1 aromatic carbocycles. The van der Waals surface area contributed by atoms with E-state index in [9.17, 15) is 4.79 Å². The number of H-pyrrole nitrogens is 1. The van der Waals surface area contributed by atoms with Gasteiger partial charge in [0.15, 0.2) is 17.3 Å². The maximum absolute atomic E-state index is 12.4. The number of aromatic nitrogens is 4. The Morgan fingerprint density at radius 2 is 1.84 bits per heavy atom. The fourth-order valence-electron chi connectivity index (χ4n) is 4.64. The zero-order valence-electron chi connectivity index (χ0n) is 21.3. The monoisotopic (exact) mass is 506 g/mol. The molecular formula is C26H34N8O3. The Morgan fingerprint density at radius 1 is 1.08 bits per heavy atom. The number of amides is 1. The molecule has 2 aliphatic rings. The van der Waals surface area contributed by atoms with Crippen molar-refractivity contribution in [1.29, 1.82) is 0 Å². The maximum Gasteiger partial charge on any atom is 0.271 e. The largest absolute Gasteiger partial charge is 0.381 e. The third kappa shape index (κ3) is 6.07. The van der Waals surface area contributed by atoms with Gasteiger partial charge in [0.05, 0.1) is 13.2 Å². The summed E-state index contributed by atoms with van der Waals surface area (Å²) in [6.45, 7) is 9.64. The second-order valence-electron chi connectivity index (χ2n) is 9.60. The summed E-state index contributed by atoms with van der Waals surface area (Å²) < 4.78 is 11.0. The van der Waals surface area contributed by atoms with Crippen LogP contribution in [0.4, 0.5) is 17.3 Å². The van der Waals surface area contributed by atoms with Gasteiger partial charge in [0, 0.05) is 50.3 Å². The summed E-state index contributed by atoms with van der Waals surface area (Å²) in [6, 6.07) is 8.20. The molecule has 0 radical (unpaired) electrons. The second-order valence-corrected chi connectivity index (χ2v) is 9.60. The Labute approximate surface area is 216 Å². The van der Waals surface area contributed by atoms with Crippen LogP contribution >= 0.6 is 0 Å². The molecule has 0 spiro atoms. The first-order valence-corrected chi connectivity index (χ1v) is 12.7. The number of carbonyl (C=O) groups is 1. The van der Waals surface area contributed by atoms with Crippen molar-refractivity contribution in [3.8, 4) is 11.4 Å². The molecular weight excluding hydrogens is 472 g/mol. The van der Waals surface area contributed by atoms with Crippen LogP contribution in [0.1, 0.15) is 40.2 Å². The summed E-state index contributed by atoms with van der Waals surface area (Å²) in [7, 11) is 0. The van der Waals surface area contributed by atoms with Crippen LogP contribution in [-0.2, 0) is 16.0 Å². The van der Waals surface area contributed by atoms with E-state index in [1.54, 1.807) is 0 Å². The lowest BCUT2D eigenvalue weighted by atomic mass is 10.1. The number of hydrogen-bond acceptors (Lipinski definition) is 9. The van der Waals surface area contributed by atoms with Crippen molar-refractivity contribution in [2.24, 2.45) is 5.73 Å². The van der Waals surface area contributed by atoms with E-state index in [-0.39, 0.29) is 11.7 Å². The molecule has 0 unspecified atom stereocenters. The van der Waals surface area contributed by atoms with Crippen LogP contribution in [0.5, 0.6) is 0 Å². The Balaban J connectivity index is 1.45. The lowest BCUT2D eigenvalue weighted by molar-refractivity contribution is 0.0341. The smallest absolute Gasteiger partial charge is 0.271 e. The molecule has 0 bridgehead atoms. The molecule has 1 amide bonds. The molecule has 2 saturated heterocycles. The van der Waals surface area contributed by atoms with E-state index in [1.807, 2.05) is 19.1 Å². The highest BCUT2D eigenvalue weighted by atomic mass is 16.5. The van der Waals surface area contributed by atoms with Gasteiger partial charge >= 0.3 is 0 Å². The fourth-order valence-corrected chi connectivity index (χ4v) is 4.64. The van der Waals surface area contributed by atoms with Crippen molar-refractivity contribution >= 4 is 23.2 Å². The lowest BCUT2D eigenvalue weighted by Crippen LogP contribution is -2.35. The molecule has 2 fully saturated rings. The van der Waals surface area contributed by atoms with E-state index in [0.29, 0.717) is 36.2 Å². The number of aryl methyl sites for hydroxylation is 2. The van der Waals surface area contributed by atoms with Gasteiger partial charge in [-0.15, -0.1) is 0 Å². The number of morpholine rings is 1. The predicted octanol–water partition coefficient (Wildman–Crippen LogP) is 2.75. The predicted molar refractivity (Wildman–Crippen MR) is 141 cm³/mol. The van der Waals surface area contributed by atoms with Crippen molar-refractivity contribution in [3.63, 3.8) is 0 Å². The number of anilines is 3. The van der Waals surface area contributed by atoms with Crippen LogP contribution in [0.25, 0.3) is 11.4 Å². The van der Waals surface area contributed by atoms with Crippen LogP contribution in [0.15, 0.2) is 24.3 Å². The first-order valence-electron chi connectivity index (χ1n) is 12.7. The number of nitrogens with one attached hydrogen (secondary N) is 3. The molecule has 2 aliphatic heterocycles. The van der Waals surface area contributed by atoms with Crippen molar-refractivity contribution in [2.75, 3.05) is 50.2 Å². The van der Waals surface area contributed by atoms with E-state index in [0.717, 1.165) is 62.6 Å². The minimum absolute atomic E-state index is 0.0585. The summed E-state index contributed by atoms with van der Waals surface area (Å²) in [5, 5.41) is 14.1. The SMILES string of the molecule is Cc1cc(-c2nc(C(N)=O)c(Nc3ccc(CN4CCOCC4)c(C)c3)nc2NC2CCOCC2)n[nH]1. The lowest BCUT2D eigenvalue weighted by Gasteiger charge is -2.27. The minimum Gasteiger partial charge on any atom is -0.381 e. The molecule has 0 aliphatic carbocycles. The molecule has 2 aromatic heterocycles. The number of primary amides is 1. The quantitative estimate of drug-likeness (QED) is 0.362. The first kappa shape index (κ1) is 25.1. The standard InChI is InChI=1S/C26H34N8O3/c1-16-13-20(4-3-18(16)15-34-7-11-37-12-8-34)29-26-23(24(27)35)30-22(21-14-17(2)32-33-21)25(31-26)28-19-5-9-36-10-6-19/h3-4,13-14,19H,5-12,15H2,1-2H3,(H2,27,35)(H,32,33)(H2,28,29,31). The zero-order valence-corrected chi connectivity index (χ0v) is 21.3. The van der Waals surface area contributed by atoms with Gasteiger partial charge in [0.25, 0.3) is 5.91 Å². The number of hydrogen-bond donors (Lipinski definition) is 4. The van der Waals surface area contributed by atoms with Crippen molar-refractivity contribution in [2.45, 2.75) is 39.3 Å². The fraction of sp³-hybridized carbons (Fsp3) is 0.462. The van der Waals surface area contributed by atoms with Crippen LogP contribution in [-0.4, -0.2) is 76.5 Å². The van der Waals surface area contributed by atoms with Gasteiger partial charge < -0.3 is 25.8 Å². The highest BCUT2D eigenvalue weighted by molar-refractivity contribution is 5.97. The Morgan fingerprint density at radius 3 is 2.51 bits per heavy atom. The molecule has 11 nitrogen and oxygen atoms in total. The number of ether oxygens (including phenoxy) is 2. The molecule has 3 aromatic rings. The first-order chi connectivity index (χ1) is 18.0. The minimum atomic E-state index is -0.665. The highest BCUT2D eigenvalue weighted by Crippen LogP contribution is 2.30.